The molecule has 0 aromatic heterocycles. The summed E-state index contributed by atoms with van der Waals surface area (Å²) in [5.74, 6) is 0.880. The lowest BCUT2D eigenvalue weighted by Gasteiger charge is -2.14. The van der Waals surface area contributed by atoms with Gasteiger partial charge < -0.3 is 9.79 Å². The van der Waals surface area contributed by atoms with E-state index in [4.69, 9.17) is 9.78 Å². The van der Waals surface area contributed by atoms with E-state index in [1.165, 1.54) is 43.6 Å². The van der Waals surface area contributed by atoms with Crippen LogP contribution in [0.3, 0.4) is 0 Å². The lowest BCUT2D eigenvalue weighted by Crippen LogP contribution is -2.21. The first kappa shape index (κ1) is 10.1. The van der Waals surface area contributed by atoms with Crippen LogP contribution in [0.15, 0.2) is 18.2 Å². The zero-order valence-electron chi connectivity index (χ0n) is 9.45. The highest BCUT2D eigenvalue weighted by Crippen LogP contribution is 2.26. The third-order valence-electron chi connectivity index (χ3n) is 3.40. The van der Waals surface area contributed by atoms with Crippen LogP contribution in [-0.4, -0.2) is 24.5 Å². The maximum absolute atomic E-state index is 5.02. The summed E-state index contributed by atoms with van der Waals surface area (Å²) in [4.78, 5) is 12.5. The van der Waals surface area contributed by atoms with Crippen LogP contribution in [0, 0.1) is 0 Å². The van der Waals surface area contributed by atoms with Gasteiger partial charge in [0.2, 0.25) is 0 Å². The molecule has 2 heterocycles. The van der Waals surface area contributed by atoms with Crippen molar-refractivity contribution in [3.8, 4) is 5.75 Å². The predicted molar refractivity (Wildman–Crippen MR) is 61.2 cm³/mol. The second kappa shape index (κ2) is 4.44. The molecule has 1 saturated heterocycles. The molecule has 0 unspecified atom stereocenters. The number of hydrogen-bond donors (Lipinski definition) is 0. The Morgan fingerprint density at radius 2 is 2.06 bits per heavy atom. The van der Waals surface area contributed by atoms with Crippen LogP contribution in [0.2, 0.25) is 0 Å². The molecule has 0 bridgehead atoms. The van der Waals surface area contributed by atoms with Gasteiger partial charge in [0.25, 0.3) is 0 Å². The van der Waals surface area contributed by atoms with Crippen molar-refractivity contribution in [2.24, 2.45) is 0 Å². The molecule has 0 atom stereocenters. The van der Waals surface area contributed by atoms with Gasteiger partial charge in [-0.15, -0.1) is 0 Å². The maximum Gasteiger partial charge on any atom is 0.171 e. The zero-order chi connectivity index (χ0) is 10.8. The fourth-order valence-electron chi connectivity index (χ4n) is 2.43. The Morgan fingerprint density at radius 3 is 2.94 bits per heavy atom. The Hall–Kier alpha value is -1.06. The average Bonchev–Trinajstić information content (AvgIpc) is 2.97. The first-order valence-corrected chi connectivity index (χ1v) is 6.05. The molecule has 1 aromatic rings. The lowest BCUT2D eigenvalue weighted by atomic mass is 10.1. The highest BCUT2D eigenvalue weighted by Gasteiger charge is 2.15. The van der Waals surface area contributed by atoms with Crippen molar-refractivity contribution >= 4 is 0 Å². The highest BCUT2D eigenvalue weighted by molar-refractivity contribution is 5.37. The summed E-state index contributed by atoms with van der Waals surface area (Å²) in [7, 11) is 0. The van der Waals surface area contributed by atoms with Crippen LogP contribution in [0.4, 0.5) is 0 Å². The first-order chi connectivity index (χ1) is 7.92. The van der Waals surface area contributed by atoms with E-state index in [0.29, 0.717) is 6.61 Å². The van der Waals surface area contributed by atoms with Gasteiger partial charge in [-0.3, -0.25) is 0 Å². The van der Waals surface area contributed by atoms with E-state index < -0.39 is 0 Å². The Morgan fingerprint density at radius 1 is 1.19 bits per heavy atom. The summed E-state index contributed by atoms with van der Waals surface area (Å²) in [6, 6.07) is 6.36. The molecule has 3 rings (SSSR count). The third kappa shape index (κ3) is 2.06. The number of hydrogen-bond acceptors (Lipinski definition) is 3. The van der Waals surface area contributed by atoms with Crippen molar-refractivity contribution in [3.63, 3.8) is 0 Å². The smallest absolute Gasteiger partial charge is 0.171 e. The van der Waals surface area contributed by atoms with E-state index in [1.807, 2.05) is 6.07 Å². The van der Waals surface area contributed by atoms with Crippen LogP contribution in [0.1, 0.15) is 24.0 Å². The minimum Gasteiger partial charge on any atom is -0.337 e. The van der Waals surface area contributed by atoms with E-state index in [0.717, 1.165) is 12.2 Å². The number of benzene rings is 1. The molecule has 0 saturated carbocycles. The second-order valence-electron chi connectivity index (χ2n) is 4.59. The standard InChI is InChI=1S/C13H17NO2/c1-2-7-14(6-1)8-5-11-3-4-13-12(9-11)10-15-16-13/h3-4,9H,1-2,5-8,10H2. The monoisotopic (exact) mass is 219 g/mol. The number of likely N-dealkylation sites (tertiary alicyclic amines) is 1. The third-order valence-corrected chi connectivity index (χ3v) is 3.40. The number of nitrogens with zero attached hydrogens (tertiary/aromatic N) is 1. The van der Waals surface area contributed by atoms with Crippen LogP contribution in [0.5, 0.6) is 5.75 Å². The molecule has 2 aliphatic heterocycles. The van der Waals surface area contributed by atoms with Gasteiger partial charge in [-0.05, 0) is 50.0 Å². The van der Waals surface area contributed by atoms with Gasteiger partial charge in [-0.1, -0.05) is 6.07 Å². The SMILES string of the molecule is c1cc2c(cc1CCN1CCCC1)COO2. The van der Waals surface area contributed by atoms with Crippen LogP contribution in [-0.2, 0) is 17.9 Å². The molecular weight excluding hydrogens is 202 g/mol. The van der Waals surface area contributed by atoms with Crippen molar-refractivity contribution in [3.05, 3.63) is 29.3 Å². The molecule has 86 valence electrons. The summed E-state index contributed by atoms with van der Waals surface area (Å²) in [6.07, 6.45) is 3.87. The molecule has 0 amide bonds. The fraction of sp³-hybridized carbons (Fsp3) is 0.538. The van der Waals surface area contributed by atoms with E-state index in [-0.39, 0.29) is 0 Å². The molecule has 0 spiro atoms. The second-order valence-corrected chi connectivity index (χ2v) is 4.59. The lowest BCUT2D eigenvalue weighted by molar-refractivity contribution is -0.194. The van der Waals surface area contributed by atoms with Crippen molar-refractivity contribution in [1.29, 1.82) is 0 Å². The van der Waals surface area contributed by atoms with Gasteiger partial charge in [0.05, 0.1) is 0 Å². The molecule has 0 N–H and O–H groups in total. The molecule has 2 aliphatic rings. The molecule has 0 radical (unpaired) electrons. The first-order valence-electron chi connectivity index (χ1n) is 6.05. The van der Waals surface area contributed by atoms with Gasteiger partial charge >= 0.3 is 0 Å². The van der Waals surface area contributed by atoms with Crippen LogP contribution < -0.4 is 4.89 Å². The molecule has 3 nitrogen and oxygen atoms in total. The normalized spacial score (nSPS) is 19.8. The summed E-state index contributed by atoms with van der Waals surface area (Å²) in [6.45, 7) is 4.32. The van der Waals surface area contributed by atoms with Crippen molar-refractivity contribution < 1.29 is 9.78 Å². The largest absolute Gasteiger partial charge is 0.337 e. The predicted octanol–water partition coefficient (Wildman–Crippen LogP) is 2.15. The van der Waals surface area contributed by atoms with E-state index in [9.17, 15) is 0 Å². The molecule has 1 fully saturated rings. The number of fused-ring (bicyclic) bond motifs is 1. The van der Waals surface area contributed by atoms with Crippen LogP contribution in [0.25, 0.3) is 0 Å². The Balaban J connectivity index is 1.61. The molecule has 0 aliphatic carbocycles. The Kier molecular flexibility index (Phi) is 2.80. The molecule has 3 heteroatoms. The van der Waals surface area contributed by atoms with Crippen molar-refractivity contribution in [2.45, 2.75) is 25.9 Å². The van der Waals surface area contributed by atoms with E-state index in [1.54, 1.807) is 0 Å². The minimum atomic E-state index is 0.590. The summed E-state index contributed by atoms with van der Waals surface area (Å²) >= 11 is 0. The average molecular weight is 219 g/mol. The van der Waals surface area contributed by atoms with Gasteiger partial charge in [-0.25, -0.2) is 0 Å². The molecular formula is C13H17NO2. The quantitative estimate of drug-likeness (QED) is 0.727. The Labute approximate surface area is 95.9 Å². The summed E-state index contributed by atoms with van der Waals surface area (Å²) in [5, 5.41) is 0. The maximum atomic E-state index is 5.02. The Bertz CT molecular complexity index is 372. The van der Waals surface area contributed by atoms with Gasteiger partial charge in [0, 0.05) is 12.1 Å². The topological polar surface area (TPSA) is 21.7 Å². The summed E-state index contributed by atoms with van der Waals surface area (Å²) < 4.78 is 0. The zero-order valence-corrected chi connectivity index (χ0v) is 9.45. The van der Waals surface area contributed by atoms with E-state index >= 15 is 0 Å². The highest BCUT2D eigenvalue weighted by atomic mass is 17.2. The molecule has 1 aromatic carbocycles. The fourth-order valence-corrected chi connectivity index (χ4v) is 2.43. The van der Waals surface area contributed by atoms with Crippen LogP contribution >= 0.6 is 0 Å². The number of rotatable bonds is 3. The van der Waals surface area contributed by atoms with Crippen molar-refractivity contribution in [1.82, 2.24) is 4.90 Å². The van der Waals surface area contributed by atoms with Gasteiger partial charge in [0.1, 0.15) is 6.61 Å². The summed E-state index contributed by atoms with van der Waals surface area (Å²) in [5.41, 5.74) is 2.57. The minimum absolute atomic E-state index is 0.590. The molecule has 16 heavy (non-hydrogen) atoms. The van der Waals surface area contributed by atoms with Gasteiger partial charge in [0.15, 0.2) is 5.75 Å². The van der Waals surface area contributed by atoms with Crippen molar-refractivity contribution in [2.75, 3.05) is 19.6 Å². The van der Waals surface area contributed by atoms with E-state index in [2.05, 4.69) is 17.0 Å². The van der Waals surface area contributed by atoms with Gasteiger partial charge in [-0.2, -0.15) is 4.89 Å².